The molecular formula is C11H15NOS. The van der Waals surface area contributed by atoms with Crippen LogP contribution in [0.4, 0.5) is 5.69 Å². The highest BCUT2D eigenvalue weighted by atomic mass is 32.2. The highest BCUT2D eigenvalue weighted by Gasteiger charge is 2.04. The van der Waals surface area contributed by atoms with Gasteiger partial charge >= 0.3 is 0 Å². The van der Waals surface area contributed by atoms with Crippen molar-refractivity contribution >= 4 is 28.0 Å². The van der Waals surface area contributed by atoms with Gasteiger partial charge < -0.3 is 9.46 Å². The van der Waals surface area contributed by atoms with Crippen LogP contribution in [-0.4, -0.2) is 19.2 Å². The zero-order chi connectivity index (χ0) is 10.6. The zero-order valence-electron chi connectivity index (χ0n) is 8.54. The van der Waals surface area contributed by atoms with Crippen molar-refractivity contribution in [1.29, 1.82) is 0 Å². The number of methoxy groups -OCH3 is 1. The molecule has 0 fully saturated rings. The van der Waals surface area contributed by atoms with Gasteiger partial charge in [-0.05, 0) is 18.4 Å². The Labute approximate surface area is 87.7 Å². The van der Waals surface area contributed by atoms with Gasteiger partial charge in [-0.3, -0.25) is 0 Å². The molecule has 0 radical (unpaired) electrons. The second-order valence-corrected chi connectivity index (χ2v) is 4.39. The van der Waals surface area contributed by atoms with Gasteiger partial charge in [-0.25, -0.2) is 0 Å². The fourth-order valence-corrected chi connectivity index (χ4v) is 1.67. The summed E-state index contributed by atoms with van der Waals surface area (Å²) in [5.41, 5.74) is 2.00. The highest BCUT2D eigenvalue weighted by molar-refractivity contribution is 8.14. The van der Waals surface area contributed by atoms with Crippen LogP contribution < -0.4 is 4.72 Å². The van der Waals surface area contributed by atoms with E-state index >= 15 is 0 Å². The first-order valence-electron chi connectivity index (χ1n) is 4.19. The van der Waals surface area contributed by atoms with E-state index in [2.05, 4.69) is 17.2 Å². The molecule has 76 valence electrons. The van der Waals surface area contributed by atoms with Crippen molar-refractivity contribution < 1.29 is 4.74 Å². The standard InChI is InChI=1S/C11H15NOS/c1-9(13-2)10-7-5-6-8-11(10)12-14(3)4/h5-8,12H,1,3H2,2,4H3. The molecule has 1 aromatic rings. The van der Waals surface area contributed by atoms with E-state index in [1.54, 1.807) is 7.11 Å². The average molecular weight is 209 g/mol. The van der Waals surface area contributed by atoms with Gasteiger partial charge in [0.1, 0.15) is 5.76 Å². The fraction of sp³-hybridized carbons (Fsp3) is 0.182. The predicted octanol–water partition coefficient (Wildman–Crippen LogP) is 2.96. The van der Waals surface area contributed by atoms with Crippen LogP contribution in [0.1, 0.15) is 5.56 Å². The monoisotopic (exact) mass is 209 g/mol. The summed E-state index contributed by atoms with van der Waals surface area (Å²) in [5, 5.41) is 0. The molecule has 0 bridgehead atoms. The van der Waals surface area contributed by atoms with E-state index in [-0.39, 0.29) is 10.7 Å². The Morgan fingerprint density at radius 1 is 1.43 bits per heavy atom. The van der Waals surface area contributed by atoms with Crippen molar-refractivity contribution in [2.75, 3.05) is 18.1 Å². The largest absolute Gasteiger partial charge is 0.497 e. The van der Waals surface area contributed by atoms with Gasteiger partial charge in [0.25, 0.3) is 0 Å². The van der Waals surface area contributed by atoms with Gasteiger partial charge in [-0.1, -0.05) is 24.6 Å². The molecule has 0 aliphatic heterocycles. The van der Waals surface area contributed by atoms with Crippen LogP contribution in [0.2, 0.25) is 0 Å². The summed E-state index contributed by atoms with van der Waals surface area (Å²) in [6.07, 6.45) is 2.02. The first kappa shape index (κ1) is 10.9. The van der Waals surface area contributed by atoms with E-state index in [4.69, 9.17) is 4.74 Å². The lowest BCUT2D eigenvalue weighted by Gasteiger charge is -2.12. The smallest absolute Gasteiger partial charge is 0.121 e. The molecule has 1 aromatic carbocycles. The third-order valence-electron chi connectivity index (χ3n) is 1.76. The number of hydrogen-bond acceptors (Lipinski definition) is 2. The van der Waals surface area contributed by atoms with Crippen LogP contribution in [0.3, 0.4) is 0 Å². The van der Waals surface area contributed by atoms with Crippen molar-refractivity contribution in [2.45, 2.75) is 0 Å². The maximum Gasteiger partial charge on any atom is 0.121 e. The SMILES string of the molecule is C=C(OC)c1ccccc1NS(=C)C. The van der Waals surface area contributed by atoms with Gasteiger partial charge in [0, 0.05) is 5.56 Å². The second-order valence-electron chi connectivity index (χ2n) is 2.91. The lowest BCUT2D eigenvalue weighted by Crippen LogP contribution is -1.94. The number of benzene rings is 1. The molecule has 0 aliphatic carbocycles. The van der Waals surface area contributed by atoms with Crippen molar-refractivity contribution in [1.82, 2.24) is 0 Å². The summed E-state index contributed by atoms with van der Waals surface area (Å²) >= 11 is 0. The first-order valence-corrected chi connectivity index (χ1v) is 6.00. The van der Waals surface area contributed by atoms with Crippen molar-refractivity contribution in [3.8, 4) is 0 Å². The van der Waals surface area contributed by atoms with Gasteiger partial charge in [-0.15, -0.1) is 10.7 Å². The molecule has 0 aromatic heterocycles. The Morgan fingerprint density at radius 3 is 2.64 bits per heavy atom. The zero-order valence-corrected chi connectivity index (χ0v) is 9.36. The maximum atomic E-state index is 5.11. The van der Waals surface area contributed by atoms with E-state index in [0.717, 1.165) is 11.3 Å². The van der Waals surface area contributed by atoms with Crippen LogP contribution in [0.15, 0.2) is 30.8 Å². The molecule has 0 amide bonds. The molecule has 1 rings (SSSR count). The minimum absolute atomic E-state index is 0.0920. The average Bonchev–Trinajstić information content (AvgIpc) is 2.16. The Balaban J connectivity index is 3.02. The number of nitrogens with one attached hydrogen (secondary N) is 1. The summed E-state index contributed by atoms with van der Waals surface area (Å²) in [5.74, 6) is 4.57. The maximum absolute atomic E-state index is 5.11. The lowest BCUT2D eigenvalue weighted by molar-refractivity contribution is 0.371. The summed E-state index contributed by atoms with van der Waals surface area (Å²) in [6.45, 7) is 3.83. The fourth-order valence-electron chi connectivity index (χ4n) is 1.11. The van der Waals surface area contributed by atoms with E-state index < -0.39 is 0 Å². The number of ether oxygens (including phenoxy) is 1. The molecule has 3 heteroatoms. The molecule has 0 heterocycles. The highest BCUT2D eigenvalue weighted by Crippen LogP contribution is 2.25. The molecular weight excluding hydrogens is 194 g/mol. The van der Waals surface area contributed by atoms with Gasteiger partial charge in [0.2, 0.25) is 0 Å². The Morgan fingerprint density at radius 2 is 2.07 bits per heavy atom. The predicted molar refractivity (Wildman–Crippen MR) is 66.7 cm³/mol. The lowest BCUT2D eigenvalue weighted by atomic mass is 10.1. The summed E-state index contributed by atoms with van der Waals surface area (Å²) in [4.78, 5) is 0. The molecule has 2 nitrogen and oxygen atoms in total. The minimum Gasteiger partial charge on any atom is -0.497 e. The number of rotatable bonds is 4. The molecule has 1 N–H and O–H groups in total. The van der Waals surface area contributed by atoms with Gasteiger partial charge in [0.05, 0.1) is 12.8 Å². The van der Waals surface area contributed by atoms with E-state index in [9.17, 15) is 0 Å². The Hall–Kier alpha value is -1.22. The molecule has 1 unspecified atom stereocenters. The van der Waals surface area contributed by atoms with Crippen molar-refractivity contribution in [3.63, 3.8) is 0 Å². The van der Waals surface area contributed by atoms with E-state index in [1.165, 1.54) is 0 Å². The second kappa shape index (κ2) is 4.86. The molecule has 14 heavy (non-hydrogen) atoms. The first-order chi connectivity index (χ1) is 6.65. The minimum atomic E-state index is -0.0920. The van der Waals surface area contributed by atoms with Crippen LogP contribution in [0.25, 0.3) is 5.76 Å². The summed E-state index contributed by atoms with van der Waals surface area (Å²) in [7, 11) is 1.53. The number of hydrogen-bond donors (Lipinski definition) is 1. The van der Waals surface area contributed by atoms with E-state index in [1.807, 2.05) is 30.5 Å². The number of para-hydroxylation sites is 1. The van der Waals surface area contributed by atoms with Gasteiger partial charge in [-0.2, -0.15) is 0 Å². The quantitative estimate of drug-likeness (QED) is 0.608. The molecule has 0 spiro atoms. The normalized spacial score (nSPS) is 11.9. The Bertz CT molecular complexity index is 360. The summed E-state index contributed by atoms with van der Waals surface area (Å²) in [6, 6.07) is 7.90. The van der Waals surface area contributed by atoms with Gasteiger partial charge in [0.15, 0.2) is 0 Å². The molecule has 0 saturated carbocycles. The molecule has 1 atom stereocenters. The van der Waals surface area contributed by atoms with Crippen LogP contribution >= 0.6 is 10.7 Å². The van der Waals surface area contributed by atoms with Crippen molar-refractivity contribution in [3.05, 3.63) is 36.4 Å². The third-order valence-corrected chi connectivity index (χ3v) is 2.33. The van der Waals surface area contributed by atoms with Crippen LogP contribution in [-0.2, 0) is 4.74 Å². The topological polar surface area (TPSA) is 21.3 Å². The van der Waals surface area contributed by atoms with Crippen molar-refractivity contribution in [2.24, 2.45) is 0 Å². The van der Waals surface area contributed by atoms with Crippen LogP contribution in [0.5, 0.6) is 0 Å². The third kappa shape index (κ3) is 2.64. The number of anilines is 1. The van der Waals surface area contributed by atoms with E-state index in [0.29, 0.717) is 5.76 Å². The van der Waals surface area contributed by atoms with Crippen LogP contribution in [0, 0.1) is 0 Å². The molecule has 0 aliphatic rings. The Kier molecular flexibility index (Phi) is 3.77. The molecule has 0 saturated heterocycles. The summed E-state index contributed by atoms with van der Waals surface area (Å²) < 4.78 is 8.37.